The first kappa shape index (κ1) is 25.1. The van der Waals surface area contributed by atoms with Gasteiger partial charge in [0.25, 0.3) is 0 Å². The van der Waals surface area contributed by atoms with Crippen LogP contribution in [0.1, 0.15) is 50.9 Å². The molecule has 5 heteroatoms. The van der Waals surface area contributed by atoms with Crippen molar-refractivity contribution in [2.45, 2.75) is 48.0 Å². The van der Waals surface area contributed by atoms with E-state index in [1.165, 1.54) is 12.1 Å². The topological polar surface area (TPSA) is 39.9 Å². The lowest BCUT2D eigenvalue weighted by Crippen LogP contribution is -2.01. The van der Waals surface area contributed by atoms with Gasteiger partial charge in [0.15, 0.2) is 0 Å². The van der Waals surface area contributed by atoms with Gasteiger partial charge in [0.05, 0.1) is 11.2 Å². The average molecular weight is 436 g/mol. The van der Waals surface area contributed by atoms with Crippen LogP contribution in [0, 0.1) is 19.7 Å². The fraction of sp³-hybridized carbons (Fsp3) is 0.333. The van der Waals surface area contributed by atoms with E-state index in [-0.39, 0.29) is 5.82 Å². The molecule has 0 bridgehead atoms. The number of pyridine rings is 1. The Balaban J connectivity index is 0.000000860. The van der Waals surface area contributed by atoms with Crippen LogP contribution in [0.15, 0.2) is 60.3 Å². The summed E-state index contributed by atoms with van der Waals surface area (Å²) >= 11 is 0. The maximum Gasteiger partial charge on any atom is 0.236 e. The minimum atomic E-state index is -0.244. The molecule has 1 aliphatic rings. The molecule has 170 valence electrons. The number of aromatic nitrogens is 3. The van der Waals surface area contributed by atoms with Crippen LogP contribution in [-0.4, -0.2) is 21.4 Å². The highest BCUT2D eigenvalue weighted by molar-refractivity contribution is 5.84. The van der Waals surface area contributed by atoms with Crippen LogP contribution in [0.4, 0.5) is 4.39 Å². The van der Waals surface area contributed by atoms with E-state index in [4.69, 9.17) is 9.72 Å². The molecule has 0 radical (unpaired) electrons. The van der Waals surface area contributed by atoms with E-state index in [0.717, 1.165) is 45.3 Å². The number of nitrogens with zero attached hydrogens (tertiary/aromatic N) is 3. The number of aryl methyl sites for hydroxylation is 3. The van der Waals surface area contributed by atoms with E-state index in [1.807, 2.05) is 60.9 Å². The molecule has 1 aliphatic carbocycles. The zero-order valence-electron chi connectivity index (χ0n) is 20.2. The smallest absolute Gasteiger partial charge is 0.236 e. The van der Waals surface area contributed by atoms with E-state index < -0.39 is 0 Å². The summed E-state index contributed by atoms with van der Waals surface area (Å²) in [6.07, 6.45) is 11.2. The summed E-state index contributed by atoms with van der Waals surface area (Å²) in [6, 6.07) is 6.68. The van der Waals surface area contributed by atoms with Crippen LogP contribution in [0.25, 0.3) is 16.5 Å². The Bertz CT molecular complexity index is 1140. The highest BCUT2D eigenvalue weighted by Crippen LogP contribution is 2.26. The van der Waals surface area contributed by atoms with Crippen LogP contribution in [0.5, 0.6) is 5.88 Å². The molecule has 0 amide bonds. The highest BCUT2D eigenvalue weighted by Gasteiger charge is 2.10. The lowest BCUT2D eigenvalue weighted by Gasteiger charge is -2.08. The molecular formula is C27H34FN3O. The Hall–Kier alpha value is -3.21. The van der Waals surface area contributed by atoms with E-state index >= 15 is 0 Å². The van der Waals surface area contributed by atoms with Gasteiger partial charge in [-0.15, -0.1) is 5.10 Å². The van der Waals surface area contributed by atoms with Crippen LogP contribution in [-0.2, 0) is 7.05 Å². The molecular weight excluding hydrogens is 401 g/mol. The minimum Gasteiger partial charge on any atom is -0.472 e. The van der Waals surface area contributed by atoms with E-state index in [1.54, 1.807) is 10.7 Å². The number of hydrogen-bond donors (Lipinski definition) is 0. The lowest BCUT2D eigenvalue weighted by molar-refractivity contribution is 0.335. The third kappa shape index (κ3) is 6.16. The largest absolute Gasteiger partial charge is 0.472 e. The first-order chi connectivity index (χ1) is 15.5. The fourth-order valence-electron chi connectivity index (χ4n) is 3.38. The number of ether oxygens (including phenoxy) is 1. The maximum absolute atomic E-state index is 13.5. The Morgan fingerprint density at radius 2 is 1.75 bits per heavy atom. The maximum atomic E-state index is 13.5. The van der Waals surface area contributed by atoms with Gasteiger partial charge in [-0.25, -0.2) is 9.37 Å². The van der Waals surface area contributed by atoms with E-state index in [2.05, 4.69) is 29.4 Å². The zero-order valence-corrected chi connectivity index (χ0v) is 20.2. The Morgan fingerprint density at radius 3 is 2.44 bits per heavy atom. The Morgan fingerprint density at radius 1 is 1.00 bits per heavy atom. The first-order valence-electron chi connectivity index (χ1n) is 11.3. The van der Waals surface area contributed by atoms with Crippen LogP contribution in [0.3, 0.4) is 0 Å². The molecule has 3 aromatic rings. The quantitative estimate of drug-likeness (QED) is 0.438. The molecule has 0 aliphatic heterocycles. The minimum absolute atomic E-state index is 0.244. The van der Waals surface area contributed by atoms with E-state index in [0.29, 0.717) is 12.5 Å². The van der Waals surface area contributed by atoms with Crippen molar-refractivity contribution in [3.8, 4) is 5.88 Å². The number of rotatable bonds is 4. The normalized spacial score (nSPS) is 12.6. The molecule has 4 nitrogen and oxygen atoms in total. The van der Waals surface area contributed by atoms with Crippen LogP contribution < -0.4 is 4.74 Å². The van der Waals surface area contributed by atoms with Crippen LogP contribution >= 0.6 is 0 Å². The third-order valence-corrected chi connectivity index (χ3v) is 4.78. The van der Waals surface area contributed by atoms with Gasteiger partial charge in [-0.05, 0) is 61.2 Å². The molecule has 0 unspecified atom stereocenters. The lowest BCUT2D eigenvalue weighted by atomic mass is 10.0. The number of fused-ring (bicyclic) bond motifs is 1. The van der Waals surface area contributed by atoms with Gasteiger partial charge in [-0.1, -0.05) is 52.0 Å². The number of halogens is 1. The van der Waals surface area contributed by atoms with Gasteiger partial charge in [0.1, 0.15) is 12.4 Å². The molecule has 4 rings (SSSR count). The second-order valence-corrected chi connectivity index (χ2v) is 7.08. The van der Waals surface area contributed by atoms with Crippen molar-refractivity contribution < 1.29 is 9.13 Å². The molecule has 0 N–H and O–H groups in total. The molecule has 2 aromatic heterocycles. The molecule has 0 saturated carbocycles. The standard InChI is InChI=1S/C23H22FN3O.2C2H6/c1-15-11-19-12-20(24)9-10-21(19)25-22(15)18-6-4-5-17(7-8-18)14-28-23-16(2)13-27(3)26-23;2*1-2/h5-13H,4,14H2,1-3H3;2*1-2H3. The number of allylic oxidation sites excluding steroid dienone is 4. The summed E-state index contributed by atoms with van der Waals surface area (Å²) in [6.45, 7) is 12.5. The summed E-state index contributed by atoms with van der Waals surface area (Å²) in [7, 11) is 1.88. The summed E-state index contributed by atoms with van der Waals surface area (Å²) in [5.41, 5.74) is 5.92. The predicted molar refractivity (Wildman–Crippen MR) is 132 cm³/mol. The van der Waals surface area contributed by atoms with Crippen molar-refractivity contribution in [1.29, 1.82) is 0 Å². The molecule has 0 saturated heterocycles. The van der Waals surface area contributed by atoms with Crippen molar-refractivity contribution in [3.63, 3.8) is 0 Å². The van der Waals surface area contributed by atoms with Crippen molar-refractivity contribution in [2.24, 2.45) is 7.05 Å². The average Bonchev–Trinajstić information content (AvgIpc) is 2.98. The van der Waals surface area contributed by atoms with Gasteiger partial charge in [-0.2, -0.15) is 0 Å². The Labute approximate surface area is 191 Å². The predicted octanol–water partition coefficient (Wildman–Crippen LogP) is 7.13. The number of hydrogen-bond acceptors (Lipinski definition) is 3. The molecule has 0 atom stereocenters. The van der Waals surface area contributed by atoms with Crippen molar-refractivity contribution in [3.05, 3.63) is 83.0 Å². The molecule has 1 aromatic carbocycles. The fourth-order valence-corrected chi connectivity index (χ4v) is 3.38. The second kappa shape index (κ2) is 12.0. The van der Waals surface area contributed by atoms with Crippen molar-refractivity contribution >= 4 is 16.5 Å². The second-order valence-electron chi connectivity index (χ2n) is 7.08. The molecule has 0 spiro atoms. The van der Waals surface area contributed by atoms with Crippen molar-refractivity contribution in [1.82, 2.24) is 14.8 Å². The van der Waals surface area contributed by atoms with Gasteiger partial charge < -0.3 is 4.74 Å². The summed E-state index contributed by atoms with van der Waals surface area (Å²) in [5, 5.41) is 5.14. The first-order valence-corrected chi connectivity index (χ1v) is 11.3. The van der Waals surface area contributed by atoms with Gasteiger partial charge in [-0.3, -0.25) is 4.68 Å². The van der Waals surface area contributed by atoms with E-state index in [9.17, 15) is 4.39 Å². The summed E-state index contributed by atoms with van der Waals surface area (Å²) in [4.78, 5) is 4.76. The van der Waals surface area contributed by atoms with Gasteiger partial charge >= 0.3 is 0 Å². The third-order valence-electron chi connectivity index (χ3n) is 4.78. The summed E-state index contributed by atoms with van der Waals surface area (Å²) in [5.74, 6) is 0.417. The van der Waals surface area contributed by atoms with Crippen molar-refractivity contribution in [2.75, 3.05) is 6.61 Å². The molecule has 32 heavy (non-hydrogen) atoms. The molecule has 2 heterocycles. The SMILES string of the molecule is CC.CC.Cc1cn(C)nc1OCC1=CCC=C(c2nc3ccc(F)cc3cc2C)C=C1. The van der Waals surface area contributed by atoms with Gasteiger partial charge in [0, 0.05) is 24.2 Å². The highest BCUT2D eigenvalue weighted by atomic mass is 19.1. The summed E-state index contributed by atoms with van der Waals surface area (Å²) < 4.78 is 21.1. The van der Waals surface area contributed by atoms with Crippen LogP contribution in [0.2, 0.25) is 0 Å². The monoisotopic (exact) mass is 435 g/mol. The number of benzene rings is 1. The molecule has 0 fully saturated rings. The van der Waals surface area contributed by atoms with Gasteiger partial charge in [0.2, 0.25) is 5.88 Å². The zero-order chi connectivity index (χ0) is 23.7. The Kier molecular flexibility index (Phi) is 9.39.